The molecule has 0 heterocycles. The van der Waals surface area contributed by atoms with Gasteiger partial charge in [-0.05, 0) is 0 Å². The normalized spacial score (nSPS) is 10.6. The molecule has 0 bridgehead atoms. The molecule has 0 amide bonds. The quantitative estimate of drug-likeness (QED) is 0.203. The third kappa shape index (κ3) is 3410. The third-order valence-electron chi connectivity index (χ3n) is 0. The molecule has 0 spiro atoms. The first kappa shape index (κ1) is 47.3. The van der Waals surface area contributed by atoms with Crippen LogP contribution in [0.2, 0.25) is 0 Å². The van der Waals surface area contributed by atoms with E-state index in [1.165, 1.54) is 0 Å². The minimum Gasteiger partial charge on any atom is 0 e. The summed E-state index contributed by atoms with van der Waals surface area (Å²) in [6.07, 6.45) is 0. The molecule has 0 atom stereocenters. The van der Waals surface area contributed by atoms with Crippen molar-refractivity contribution < 1.29 is 222 Å². The Bertz CT molecular complexity index is 876. The second-order valence-electron chi connectivity index (χ2n) is 1.89. The van der Waals surface area contributed by atoms with Gasteiger partial charge in [0.2, 0.25) is 0 Å². The molecule has 20 nitrogen and oxygen atoms in total. The molecule has 0 saturated carbocycles. The summed E-state index contributed by atoms with van der Waals surface area (Å²) in [5, 5.41) is 0. The van der Waals surface area contributed by atoms with Crippen molar-refractivity contribution in [2.45, 2.75) is 0 Å². The summed E-state index contributed by atoms with van der Waals surface area (Å²) in [4.78, 5) is 0. The molecule has 167 valence electrons. The maximum absolute atomic E-state index is 8.64. The Morgan fingerprint density at radius 3 is 0.296 bits per heavy atom. The Morgan fingerprint density at radius 1 is 0.296 bits per heavy atom. The van der Waals surface area contributed by atoms with Crippen LogP contribution in [0.1, 0.15) is 0 Å². The minimum absolute atomic E-state index is 0. The Balaban J connectivity index is -0.0000000364. The molecule has 0 unspecified atom stereocenters. The largest absolute Gasteiger partial charge is 0 e. The first-order valence-corrected chi connectivity index (χ1v) is 25.3. The molecule has 1 radical (unpaired) electrons. The van der Waals surface area contributed by atoms with Gasteiger partial charge in [0.1, 0.15) is 0 Å². The van der Waals surface area contributed by atoms with Gasteiger partial charge < -0.3 is 0 Å². The molecule has 0 N–H and O–H groups in total. The van der Waals surface area contributed by atoms with Crippen LogP contribution in [-0.4, -0.2) is 0 Å². The van der Waals surface area contributed by atoms with E-state index in [0.717, 1.165) is 0 Å². The average molecular weight is 1480 g/mol. The van der Waals surface area contributed by atoms with Crippen LogP contribution in [0, 0.1) is 0 Å². The van der Waals surface area contributed by atoms with E-state index in [0.29, 0.717) is 0 Å². The average Bonchev–Trinajstić information content (AvgIpc) is 1.79. The summed E-state index contributed by atoms with van der Waals surface area (Å²) < 4.78 is 173. The third-order valence-corrected chi connectivity index (χ3v) is 0. The second kappa shape index (κ2) is 20.3. The maximum Gasteiger partial charge on any atom is 0 e. The van der Waals surface area contributed by atoms with Gasteiger partial charge in [0, 0.05) is 20.4 Å². The molecule has 0 saturated heterocycles. The topological polar surface area (TPSA) is 371 Å². The van der Waals surface area contributed by atoms with Crippen LogP contribution in [0.15, 0.2) is 0 Å². The van der Waals surface area contributed by atoms with Crippen molar-refractivity contribution in [2.75, 3.05) is 0 Å². The number of rotatable bonds is 0. The van der Waals surface area contributed by atoms with Crippen molar-refractivity contribution >= 4 is 0 Å². The van der Waals surface area contributed by atoms with E-state index in [1.54, 1.807) is 0 Å². The summed E-state index contributed by atoms with van der Waals surface area (Å²) in [6, 6.07) is 0. The van der Waals surface area contributed by atoms with Gasteiger partial charge in [-0.3, -0.25) is 0 Å². The van der Waals surface area contributed by atoms with Gasteiger partial charge in [-0.1, -0.05) is 0 Å². The molecule has 27 heavy (non-hydrogen) atoms. The molecule has 0 aliphatic carbocycles. The molecule has 0 aromatic rings. The van der Waals surface area contributed by atoms with Gasteiger partial charge in [-0.15, -0.1) is 0 Å². The van der Waals surface area contributed by atoms with Gasteiger partial charge in [-0.25, -0.2) is 0 Å². The Hall–Kier alpha value is 2.41. The molecule has 0 aliphatic heterocycles. The van der Waals surface area contributed by atoms with Gasteiger partial charge in [0.15, 0.2) is 0 Å². The van der Waals surface area contributed by atoms with Crippen LogP contribution >= 0.6 is 0 Å². The molecule has 0 fully saturated rings. The predicted molar refractivity (Wildman–Crippen MR) is 10.3 cm³/mol. The second-order valence-corrected chi connectivity index (χ2v) is 15.5. The molecule has 0 aromatic heterocycles. The Morgan fingerprint density at radius 2 is 0.296 bits per heavy atom. The Kier molecular flexibility index (Phi) is 35.6. The van der Waals surface area contributed by atoms with E-state index in [4.69, 9.17) is 71.2 Å². The van der Waals surface area contributed by atoms with Crippen molar-refractivity contribution in [3.63, 3.8) is 0 Å². The fourth-order valence-electron chi connectivity index (χ4n) is 0. The van der Waals surface area contributed by atoms with E-state index < -0.39 is 78.9 Å². The monoisotopic (exact) mass is 1480 g/mol. The van der Waals surface area contributed by atoms with Gasteiger partial charge >= 0.3 is 202 Å². The fourth-order valence-corrected chi connectivity index (χ4v) is 0. The van der Waals surface area contributed by atoms with E-state index in [-0.39, 0.29) is 71.8 Å². The minimum atomic E-state index is -6.11. The summed E-state index contributed by atoms with van der Waals surface area (Å²) in [7, 11) is 0. The summed E-state index contributed by atoms with van der Waals surface area (Å²) >= 11 is -30.6. The van der Waals surface area contributed by atoms with Crippen molar-refractivity contribution in [2.24, 2.45) is 0 Å². The number of hydrogen-bond donors (Lipinski definition) is 0. The van der Waals surface area contributed by atoms with Crippen molar-refractivity contribution in [1.82, 2.24) is 0 Å². The van der Waals surface area contributed by atoms with Crippen molar-refractivity contribution in [3.8, 4) is 0 Å². The zero-order chi connectivity index (χ0) is 22.5. The van der Waals surface area contributed by atoms with Gasteiger partial charge in [0.25, 0.3) is 0 Å². The van der Waals surface area contributed by atoms with E-state index in [9.17, 15) is 0 Å². The molecular weight excluding hydrogens is 1480 g/mol. The molecular formula is KO20Re6-4. The van der Waals surface area contributed by atoms with Gasteiger partial charge in [-0.2, -0.15) is 0 Å². The van der Waals surface area contributed by atoms with Crippen LogP contribution < -0.4 is 70.5 Å². The van der Waals surface area contributed by atoms with Crippen molar-refractivity contribution in [3.05, 3.63) is 0 Å². The van der Waals surface area contributed by atoms with E-state index in [2.05, 4.69) is 0 Å². The smallest absolute Gasteiger partial charge is 0 e. The molecule has 0 rings (SSSR count). The zero-order valence-corrected chi connectivity index (χ0v) is 30.9. The maximum atomic E-state index is 8.64. The SMILES string of the molecule is [K+].[O]=[Re](=[O])(=[O])[O-].[O]=[Re](=[O])(=[O])[O-].[O]=[Re](=[O])(=[O])[O-].[O]=[Re](=[O])(=[O])[O-].[O]=[Re](=[O])(=[O])[O-].[Re]. The first-order chi connectivity index (χ1) is 10.0. The number of hydrogen-bond acceptors (Lipinski definition) is 20. The van der Waals surface area contributed by atoms with Gasteiger partial charge in [0.05, 0.1) is 0 Å². The Labute approximate surface area is 217 Å². The standard InChI is InChI=1S/K.20O.6Re/q+1;;;;;;;;;;;;;;;;5*-1;;;;;;. The van der Waals surface area contributed by atoms with E-state index in [1.807, 2.05) is 0 Å². The predicted octanol–water partition coefficient (Wildman–Crippen LogP) is -10.7. The zero-order valence-electron chi connectivity index (χ0n) is 11.4. The summed E-state index contributed by atoms with van der Waals surface area (Å²) in [6.45, 7) is 0. The summed E-state index contributed by atoms with van der Waals surface area (Å²) in [5.74, 6) is 0. The van der Waals surface area contributed by atoms with Crippen LogP contribution in [-0.2, 0) is 151 Å². The van der Waals surface area contributed by atoms with Crippen molar-refractivity contribution in [1.29, 1.82) is 0 Å². The molecule has 27 heteroatoms. The van der Waals surface area contributed by atoms with Crippen LogP contribution in [0.4, 0.5) is 0 Å². The van der Waals surface area contributed by atoms with E-state index >= 15 is 0 Å². The summed E-state index contributed by atoms with van der Waals surface area (Å²) in [5.41, 5.74) is 0. The fraction of sp³-hybridized carbons (Fsp3) is 0. The van der Waals surface area contributed by atoms with Crippen LogP contribution in [0.3, 0.4) is 0 Å². The van der Waals surface area contributed by atoms with Crippen LogP contribution in [0.5, 0.6) is 0 Å². The molecule has 0 aromatic carbocycles. The molecule has 0 aliphatic rings. The van der Waals surface area contributed by atoms with Crippen LogP contribution in [0.25, 0.3) is 0 Å². The first-order valence-electron chi connectivity index (χ1n) is 3.09.